The normalized spacial score (nSPS) is 17.6. The van der Waals surface area contributed by atoms with Crippen LogP contribution in [0.2, 0.25) is 0 Å². The molecule has 1 unspecified atom stereocenters. The minimum Gasteiger partial charge on any atom is -0.490 e. The molecule has 1 aromatic rings. The number of ether oxygens (including phenoxy) is 2. The van der Waals surface area contributed by atoms with Crippen molar-refractivity contribution in [3.8, 4) is 5.75 Å². The molecule has 0 saturated carbocycles. The Labute approximate surface area is 146 Å². The Morgan fingerprint density at radius 2 is 2.24 bits per heavy atom. The Morgan fingerprint density at radius 1 is 1.48 bits per heavy atom. The van der Waals surface area contributed by atoms with Gasteiger partial charge in [0, 0.05) is 19.6 Å². The summed E-state index contributed by atoms with van der Waals surface area (Å²) in [6, 6.07) is 4.31. The number of nitrogens with two attached hydrogens (primary N) is 1. The van der Waals surface area contributed by atoms with Gasteiger partial charge in [0.2, 0.25) is 5.91 Å². The van der Waals surface area contributed by atoms with E-state index >= 15 is 0 Å². The predicted molar refractivity (Wildman–Crippen MR) is 89.9 cm³/mol. The number of carbonyl (C=O) groups is 2. The van der Waals surface area contributed by atoms with Crippen molar-refractivity contribution in [1.29, 1.82) is 0 Å². The topological polar surface area (TPSA) is 85.1 Å². The summed E-state index contributed by atoms with van der Waals surface area (Å²) >= 11 is 0. The predicted octanol–water partition coefficient (Wildman–Crippen LogP) is 0.483. The molecular weight excluding hydrogens is 329 g/mol. The number of hydrogen-bond donors (Lipinski definition) is 1. The summed E-state index contributed by atoms with van der Waals surface area (Å²) in [6.45, 7) is 3.73. The van der Waals surface area contributed by atoms with Gasteiger partial charge >= 0.3 is 0 Å². The summed E-state index contributed by atoms with van der Waals surface area (Å²) < 4.78 is 24.9. The Hall–Kier alpha value is -2.19. The number of halogens is 1. The maximum absolute atomic E-state index is 14.0. The van der Waals surface area contributed by atoms with Gasteiger partial charge in [-0.05, 0) is 26.1 Å². The summed E-state index contributed by atoms with van der Waals surface area (Å²) in [5.74, 6) is -1.30. The molecule has 138 valence electrons. The zero-order valence-corrected chi connectivity index (χ0v) is 14.5. The molecule has 0 spiro atoms. The lowest BCUT2D eigenvalue weighted by atomic mass is 10.1. The number of carbonyl (C=O) groups excluding carboxylic acids is 2. The van der Waals surface area contributed by atoms with E-state index in [0.717, 1.165) is 0 Å². The molecule has 1 fully saturated rings. The standard InChI is InChI=1S/C17H24FN3O4/c1-3-24-16-13(5-4-6-14(16)18)17(23)21-7-8-25-12(10-21)9-20(2)11-15(19)22/h4-6,12H,3,7-11H2,1-2H3,(H2,19,22). The molecule has 1 atom stereocenters. The van der Waals surface area contributed by atoms with Gasteiger partial charge in [0.15, 0.2) is 11.6 Å². The van der Waals surface area contributed by atoms with E-state index in [1.54, 1.807) is 29.8 Å². The molecule has 1 aliphatic heterocycles. The number of benzene rings is 1. The van der Waals surface area contributed by atoms with Crippen LogP contribution in [0.4, 0.5) is 4.39 Å². The van der Waals surface area contributed by atoms with Crippen molar-refractivity contribution in [1.82, 2.24) is 9.80 Å². The van der Waals surface area contributed by atoms with Crippen LogP contribution in [0.25, 0.3) is 0 Å². The lowest BCUT2D eigenvalue weighted by Crippen LogP contribution is -2.50. The highest BCUT2D eigenvalue weighted by Crippen LogP contribution is 2.25. The van der Waals surface area contributed by atoms with E-state index in [4.69, 9.17) is 15.2 Å². The molecule has 1 heterocycles. The molecule has 7 nitrogen and oxygen atoms in total. The number of rotatable bonds is 7. The molecule has 2 amide bonds. The van der Waals surface area contributed by atoms with Gasteiger partial charge in [-0.3, -0.25) is 14.5 Å². The minimum atomic E-state index is -0.557. The minimum absolute atomic E-state index is 0.0242. The largest absolute Gasteiger partial charge is 0.490 e. The second kappa shape index (κ2) is 8.77. The van der Waals surface area contributed by atoms with Crippen LogP contribution >= 0.6 is 0 Å². The van der Waals surface area contributed by atoms with Gasteiger partial charge in [0.1, 0.15) is 0 Å². The van der Waals surface area contributed by atoms with Gasteiger partial charge in [-0.15, -0.1) is 0 Å². The molecule has 0 bridgehead atoms. The SMILES string of the molecule is CCOc1c(F)cccc1C(=O)N1CCOC(CN(C)CC(N)=O)C1. The molecule has 0 aromatic heterocycles. The smallest absolute Gasteiger partial charge is 0.257 e. The Morgan fingerprint density at radius 3 is 2.92 bits per heavy atom. The van der Waals surface area contributed by atoms with Gasteiger partial charge < -0.3 is 20.1 Å². The van der Waals surface area contributed by atoms with Gasteiger partial charge in [-0.2, -0.15) is 0 Å². The first-order valence-corrected chi connectivity index (χ1v) is 8.21. The molecule has 1 aromatic carbocycles. The molecular formula is C17H24FN3O4. The maximum atomic E-state index is 14.0. The highest BCUT2D eigenvalue weighted by atomic mass is 19.1. The average molecular weight is 353 g/mol. The quantitative estimate of drug-likeness (QED) is 0.771. The van der Waals surface area contributed by atoms with E-state index in [9.17, 15) is 14.0 Å². The molecule has 2 N–H and O–H groups in total. The lowest BCUT2D eigenvalue weighted by Gasteiger charge is -2.35. The second-order valence-corrected chi connectivity index (χ2v) is 5.96. The Kier molecular flexibility index (Phi) is 6.72. The molecule has 2 rings (SSSR count). The van der Waals surface area contributed by atoms with Crippen molar-refractivity contribution in [2.45, 2.75) is 13.0 Å². The zero-order valence-electron chi connectivity index (χ0n) is 14.5. The van der Waals surface area contributed by atoms with Crippen molar-refractivity contribution in [3.63, 3.8) is 0 Å². The van der Waals surface area contributed by atoms with Gasteiger partial charge in [0.25, 0.3) is 5.91 Å². The van der Waals surface area contributed by atoms with Crippen molar-refractivity contribution in [3.05, 3.63) is 29.6 Å². The second-order valence-electron chi connectivity index (χ2n) is 5.96. The van der Waals surface area contributed by atoms with E-state index in [0.29, 0.717) is 26.2 Å². The van der Waals surface area contributed by atoms with E-state index in [-0.39, 0.29) is 36.5 Å². The number of nitrogens with zero attached hydrogens (tertiary/aromatic N) is 2. The fourth-order valence-corrected chi connectivity index (χ4v) is 2.83. The fraction of sp³-hybridized carbons (Fsp3) is 0.529. The van der Waals surface area contributed by atoms with Crippen LogP contribution in [-0.2, 0) is 9.53 Å². The number of primary amides is 1. The van der Waals surface area contributed by atoms with Gasteiger partial charge in [-0.1, -0.05) is 6.07 Å². The number of amides is 2. The first-order valence-electron chi connectivity index (χ1n) is 8.21. The van der Waals surface area contributed by atoms with Crippen molar-refractivity contribution >= 4 is 11.8 Å². The maximum Gasteiger partial charge on any atom is 0.257 e. The van der Waals surface area contributed by atoms with E-state index in [1.807, 2.05) is 0 Å². The van der Waals surface area contributed by atoms with Crippen LogP contribution in [0.3, 0.4) is 0 Å². The van der Waals surface area contributed by atoms with Gasteiger partial charge in [0.05, 0.1) is 31.4 Å². The summed E-state index contributed by atoms with van der Waals surface area (Å²) in [7, 11) is 1.76. The molecule has 25 heavy (non-hydrogen) atoms. The molecule has 8 heteroatoms. The Bertz CT molecular complexity index is 626. The van der Waals surface area contributed by atoms with Crippen LogP contribution in [0.15, 0.2) is 18.2 Å². The monoisotopic (exact) mass is 353 g/mol. The average Bonchev–Trinajstić information content (AvgIpc) is 2.55. The van der Waals surface area contributed by atoms with Crippen LogP contribution in [-0.4, -0.2) is 74.2 Å². The Balaban J connectivity index is 2.07. The summed E-state index contributed by atoms with van der Waals surface area (Å²) in [5.41, 5.74) is 5.38. The van der Waals surface area contributed by atoms with E-state index in [1.165, 1.54) is 12.1 Å². The molecule has 1 saturated heterocycles. The summed E-state index contributed by atoms with van der Waals surface area (Å²) in [6.07, 6.45) is -0.244. The van der Waals surface area contributed by atoms with Crippen molar-refractivity contribution in [2.75, 3.05) is 46.4 Å². The zero-order chi connectivity index (χ0) is 18.4. The highest BCUT2D eigenvalue weighted by molar-refractivity contribution is 5.97. The first-order chi connectivity index (χ1) is 11.9. The first kappa shape index (κ1) is 19.1. The van der Waals surface area contributed by atoms with Crippen LogP contribution < -0.4 is 10.5 Å². The third-order valence-electron chi connectivity index (χ3n) is 3.85. The number of likely N-dealkylation sites (N-methyl/N-ethyl adjacent to an activating group) is 1. The van der Waals surface area contributed by atoms with Crippen LogP contribution in [0.5, 0.6) is 5.75 Å². The number of morpholine rings is 1. The molecule has 0 radical (unpaired) electrons. The van der Waals surface area contributed by atoms with Crippen LogP contribution in [0.1, 0.15) is 17.3 Å². The highest BCUT2D eigenvalue weighted by Gasteiger charge is 2.28. The summed E-state index contributed by atoms with van der Waals surface area (Å²) in [5, 5.41) is 0. The van der Waals surface area contributed by atoms with Crippen LogP contribution in [0, 0.1) is 5.82 Å². The van der Waals surface area contributed by atoms with Crippen molar-refractivity contribution < 1.29 is 23.5 Å². The van der Waals surface area contributed by atoms with Crippen molar-refractivity contribution in [2.24, 2.45) is 5.73 Å². The summed E-state index contributed by atoms with van der Waals surface area (Å²) in [4.78, 5) is 27.1. The lowest BCUT2D eigenvalue weighted by molar-refractivity contribution is -0.119. The van der Waals surface area contributed by atoms with E-state index < -0.39 is 11.7 Å². The molecule has 0 aliphatic carbocycles. The fourth-order valence-electron chi connectivity index (χ4n) is 2.83. The van der Waals surface area contributed by atoms with E-state index in [2.05, 4.69) is 0 Å². The van der Waals surface area contributed by atoms with Gasteiger partial charge in [-0.25, -0.2) is 4.39 Å². The number of para-hydroxylation sites is 1. The molecule has 1 aliphatic rings. The third kappa shape index (κ3) is 5.14. The third-order valence-corrected chi connectivity index (χ3v) is 3.85. The number of hydrogen-bond acceptors (Lipinski definition) is 5.